The third-order valence-corrected chi connectivity index (χ3v) is 4.21. The summed E-state index contributed by atoms with van der Waals surface area (Å²) in [7, 11) is 0. The van der Waals surface area contributed by atoms with Gasteiger partial charge in [-0.3, -0.25) is 9.89 Å². The fourth-order valence-corrected chi connectivity index (χ4v) is 2.96. The van der Waals surface area contributed by atoms with Gasteiger partial charge in [0.25, 0.3) is 5.91 Å². The number of benzene rings is 1. The summed E-state index contributed by atoms with van der Waals surface area (Å²) in [6, 6.07) is 7.92. The number of hydrogen-bond acceptors (Lipinski definition) is 5. The maximum atomic E-state index is 12.3. The Kier molecular flexibility index (Phi) is 3.97. The van der Waals surface area contributed by atoms with Crippen molar-refractivity contribution in [3.05, 3.63) is 52.8 Å². The lowest BCUT2D eigenvalue weighted by Gasteiger charge is -2.15. The quantitative estimate of drug-likeness (QED) is 0.775. The zero-order chi connectivity index (χ0) is 15.5. The smallest absolute Gasteiger partial charge is 0.271 e. The summed E-state index contributed by atoms with van der Waals surface area (Å²) in [5, 5.41) is 11.9. The number of aromatic amines is 1. The fourth-order valence-electron chi connectivity index (χ4n) is 2.22. The molecule has 0 aliphatic rings. The van der Waals surface area contributed by atoms with E-state index >= 15 is 0 Å². The van der Waals surface area contributed by atoms with E-state index in [-0.39, 0.29) is 11.9 Å². The molecule has 0 spiro atoms. The van der Waals surface area contributed by atoms with Crippen molar-refractivity contribution in [2.75, 3.05) is 0 Å². The molecule has 7 heteroatoms. The van der Waals surface area contributed by atoms with Crippen molar-refractivity contribution in [3.8, 4) is 10.8 Å². The van der Waals surface area contributed by atoms with Gasteiger partial charge in [0, 0.05) is 5.38 Å². The van der Waals surface area contributed by atoms with E-state index in [1.165, 1.54) is 17.7 Å². The number of nitrogens with one attached hydrogen (secondary N) is 2. The molecule has 0 aliphatic heterocycles. The van der Waals surface area contributed by atoms with Gasteiger partial charge in [0.2, 0.25) is 0 Å². The van der Waals surface area contributed by atoms with E-state index in [4.69, 9.17) is 0 Å². The highest BCUT2D eigenvalue weighted by Gasteiger charge is 2.16. The molecule has 0 radical (unpaired) electrons. The topological polar surface area (TPSA) is 83.6 Å². The predicted octanol–water partition coefficient (Wildman–Crippen LogP) is 2.73. The second-order valence-electron chi connectivity index (χ2n) is 4.92. The third-order valence-electron chi connectivity index (χ3n) is 3.36. The third kappa shape index (κ3) is 2.89. The molecule has 0 aliphatic carbocycles. The van der Waals surface area contributed by atoms with Gasteiger partial charge in [0.15, 0.2) is 10.8 Å². The summed E-state index contributed by atoms with van der Waals surface area (Å²) in [4.78, 5) is 20.6. The molecular formula is C15H15N5OS. The Balaban J connectivity index is 1.74. The molecule has 0 bridgehead atoms. The summed E-state index contributed by atoms with van der Waals surface area (Å²) in [5.74, 6) is 0.369. The van der Waals surface area contributed by atoms with E-state index in [0.717, 1.165) is 11.1 Å². The van der Waals surface area contributed by atoms with Crippen LogP contribution < -0.4 is 5.32 Å². The van der Waals surface area contributed by atoms with E-state index in [1.54, 1.807) is 5.38 Å². The zero-order valence-electron chi connectivity index (χ0n) is 12.2. The standard InChI is InChI=1S/C15H15N5OS/c1-9-5-3-4-6-11(9)10(2)18-14(21)12-7-22-15(19-12)13-16-8-17-20-13/h3-8,10H,1-2H3,(H,18,21)(H,16,17,20)/t10-/m0/s1. The molecule has 6 nitrogen and oxygen atoms in total. The normalized spacial score (nSPS) is 12.1. The van der Waals surface area contributed by atoms with Crippen LogP contribution in [0.25, 0.3) is 10.8 Å². The summed E-state index contributed by atoms with van der Waals surface area (Å²) >= 11 is 1.36. The maximum Gasteiger partial charge on any atom is 0.271 e. The molecule has 1 atom stereocenters. The van der Waals surface area contributed by atoms with Crippen LogP contribution in [0.3, 0.4) is 0 Å². The van der Waals surface area contributed by atoms with Crippen LogP contribution in [0.1, 0.15) is 34.6 Å². The molecule has 0 saturated carbocycles. The molecule has 1 aromatic carbocycles. The Bertz CT molecular complexity index is 781. The molecule has 112 valence electrons. The van der Waals surface area contributed by atoms with E-state index in [2.05, 4.69) is 25.5 Å². The first-order chi connectivity index (χ1) is 10.6. The molecule has 2 heterocycles. The minimum Gasteiger partial charge on any atom is -0.344 e. The van der Waals surface area contributed by atoms with Crippen LogP contribution in [-0.4, -0.2) is 26.1 Å². The van der Waals surface area contributed by atoms with Crippen LogP contribution in [-0.2, 0) is 0 Å². The molecule has 2 aromatic heterocycles. The number of hydrogen-bond donors (Lipinski definition) is 2. The molecule has 0 unspecified atom stereocenters. The van der Waals surface area contributed by atoms with Gasteiger partial charge in [0.1, 0.15) is 12.0 Å². The van der Waals surface area contributed by atoms with E-state index in [1.807, 2.05) is 38.1 Å². The van der Waals surface area contributed by atoms with Crippen molar-refractivity contribution in [3.63, 3.8) is 0 Å². The number of amides is 1. The highest BCUT2D eigenvalue weighted by atomic mass is 32.1. The first-order valence-corrected chi connectivity index (χ1v) is 7.71. The Morgan fingerprint density at radius 2 is 2.18 bits per heavy atom. The molecule has 22 heavy (non-hydrogen) atoms. The van der Waals surface area contributed by atoms with Gasteiger partial charge < -0.3 is 5.32 Å². The van der Waals surface area contributed by atoms with Crippen molar-refractivity contribution in [1.29, 1.82) is 0 Å². The van der Waals surface area contributed by atoms with Gasteiger partial charge in [-0.15, -0.1) is 11.3 Å². The second-order valence-corrected chi connectivity index (χ2v) is 5.78. The molecule has 3 rings (SSSR count). The number of nitrogens with zero attached hydrogens (tertiary/aromatic N) is 3. The van der Waals surface area contributed by atoms with Crippen molar-refractivity contribution in [2.45, 2.75) is 19.9 Å². The average molecular weight is 313 g/mol. The minimum absolute atomic E-state index is 0.0795. The molecule has 0 fully saturated rings. The van der Waals surface area contributed by atoms with Crippen LogP contribution in [0, 0.1) is 6.92 Å². The van der Waals surface area contributed by atoms with Crippen LogP contribution in [0.5, 0.6) is 0 Å². The van der Waals surface area contributed by atoms with Crippen molar-refractivity contribution >= 4 is 17.2 Å². The molecule has 1 amide bonds. The molecule has 2 N–H and O–H groups in total. The first kappa shape index (κ1) is 14.4. The van der Waals surface area contributed by atoms with Gasteiger partial charge in [-0.25, -0.2) is 9.97 Å². The van der Waals surface area contributed by atoms with Gasteiger partial charge in [-0.05, 0) is 25.0 Å². The zero-order valence-corrected chi connectivity index (χ0v) is 13.0. The lowest BCUT2D eigenvalue weighted by Crippen LogP contribution is -2.27. The van der Waals surface area contributed by atoms with E-state index < -0.39 is 0 Å². The first-order valence-electron chi connectivity index (χ1n) is 6.83. The summed E-state index contributed by atoms with van der Waals surface area (Å²) < 4.78 is 0. The number of rotatable bonds is 4. The van der Waals surface area contributed by atoms with Gasteiger partial charge in [-0.2, -0.15) is 5.10 Å². The predicted molar refractivity (Wildman–Crippen MR) is 84.6 cm³/mol. The molecule has 3 aromatic rings. The SMILES string of the molecule is Cc1ccccc1[C@H](C)NC(=O)c1csc(-c2ncn[nH]2)n1. The summed E-state index contributed by atoms with van der Waals surface area (Å²) in [5.41, 5.74) is 2.63. The van der Waals surface area contributed by atoms with Crippen molar-refractivity contribution in [1.82, 2.24) is 25.5 Å². The Morgan fingerprint density at radius 3 is 2.91 bits per heavy atom. The van der Waals surface area contributed by atoms with Gasteiger partial charge in [0.05, 0.1) is 6.04 Å². The molecular weight excluding hydrogens is 298 g/mol. The summed E-state index contributed by atoms with van der Waals surface area (Å²) in [6.07, 6.45) is 1.41. The van der Waals surface area contributed by atoms with Crippen LogP contribution >= 0.6 is 11.3 Å². The maximum absolute atomic E-state index is 12.3. The summed E-state index contributed by atoms with van der Waals surface area (Å²) in [6.45, 7) is 3.99. The average Bonchev–Trinajstić information content (AvgIpc) is 3.18. The number of thiazole rings is 1. The number of carbonyl (C=O) groups is 1. The molecule has 0 saturated heterocycles. The lowest BCUT2D eigenvalue weighted by molar-refractivity contribution is 0.0935. The number of aryl methyl sites for hydroxylation is 1. The monoisotopic (exact) mass is 313 g/mol. The highest BCUT2D eigenvalue weighted by molar-refractivity contribution is 7.13. The Labute approximate surface area is 131 Å². The number of aromatic nitrogens is 4. The van der Waals surface area contributed by atoms with Crippen molar-refractivity contribution < 1.29 is 4.79 Å². The largest absolute Gasteiger partial charge is 0.344 e. The van der Waals surface area contributed by atoms with Crippen LogP contribution in [0.2, 0.25) is 0 Å². The van der Waals surface area contributed by atoms with Crippen LogP contribution in [0.15, 0.2) is 36.0 Å². The van der Waals surface area contributed by atoms with E-state index in [0.29, 0.717) is 16.5 Å². The van der Waals surface area contributed by atoms with Gasteiger partial charge >= 0.3 is 0 Å². The Morgan fingerprint density at radius 1 is 1.36 bits per heavy atom. The van der Waals surface area contributed by atoms with E-state index in [9.17, 15) is 4.79 Å². The highest BCUT2D eigenvalue weighted by Crippen LogP contribution is 2.21. The second kappa shape index (κ2) is 6.07. The van der Waals surface area contributed by atoms with Gasteiger partial charge in [-0.1, -0.05) is 24.3 Å². The fraction of sp³-hybridized carbons (Fsp3) is 0.200. The van der Waals surface area contributed by atoms with Crippen molar-refractivity contribution in [2.24, 2.45) is 0 Å². The van der Waals surface area contributed by atoms with Crippen LogP contribution in [0.4, 0.5) is 0 Å². The number of H-pyrrole nitrogens is 1. The lowest BCUT2D eigenvalue weighted by atomic mass is 10.0. The number of carbonyl (C=O) groups excluding carboxylic acids is 1. The minimum atomic E-state index is -0.197. The Hall–Kier alpha value is -2.54.